The normalized spacial score (nSPS) is 9.89. The number of hydrogen-bond acceptors (Lipinski definition) is 4. The number of hydrogen-bond donors (Lipinski definition) is 0. The molecule has 0 radical (unpaired) electrons. The lowest BCUT2D eigenvalue weighted by Crippen LogP contribution is -2.16. The Balaban J connectivity index is 3.54. The topological polar surface area (TPSA) is 73.9 Å². The number of ether oxygens (including phenoxy) is 1. The van der Waals surface area contributed by atoms with Gasteiger partial charge in [0.2, 0.25) is 0 Å². The highest BCUT2D eigenvalue weighted by Gasteiger charge is 2.25. The van der Waals surface area contributed by atoms with Crippen LogP contribution in [0.4, 0.5) is 0 Å². The van der Waals surface area contributed by atoms with E-state index in [2.05, 4.69) is 0 Å². The highest BCUT2D eigenvalue weighted by Crippen LogP contribution is 2.42. The number of benzene rings is 1. The molecule has 7 heteroatoms. The van der Waals surface area contributed by atoms with E-state index in [4.69, 9.17) is 50.1 Å². The third-order valence-corrected chi connectivity index (χ3v) is 3.39. The minimum atomic E-state index is -0.588. The molecule has 0 aliphatic heterocycles. The molecular formula is C12H7Cl3N2O2. The largest absolute Gasteiger partial charge is 0.423 e. The lowest BCUT2D eigenvalue weighted by atomic mass is 10.1. The van der Waals surface area contributed by atoms with Crippen molar-refractivity contribution in [3.8, 4) is 17.9 Å². The Hall–Kier alpha value is -1.46. The Bertz CT molecular complexity index is 628. The summed E-state index contributed by atoms with van der Waals surface area (Å²) in [5.41, 5.74) is -0.323. The predicted octanol–water partition coefficient (Wildman–Crippen LogP) is 3.95. The van der Waals surface area contributed by atoms with Crippen LogP contribution in [0, 0.1) is 28.6 Å². The molecule has 19 heavy (non-hydrogen) atoms. The van der Waals surface area contributed by atoms with Gasteiger partial charge in [-0.05, 0) is 0 Å². The van der Waals surface area contributed by atoms with Crippen molar-refractivity contribution in [2.24, 2.45) is 5.92 Å². The first-order chi connectivity index (χ1) is 8.84. The molecule has 0 heterocycles. The molecule has 0 bridgehead atoms. The molecule has 0 aliphatic rings. The van der Waals surface area contributed by atoms with Gasteiger partial charge in [0.25, 0.3) is 0 Å². The van der Waals surface area contributed by atoms with Crippen molar-refractivity contribution in [1.82, 2.24) is 0 Å². The monoisotopic (exact) mass is 316 g/mol. The zero-order valence-corrected chi connectivity index (χ0v) is 12.2. The van der Waals surface area contributed by atoms with Crippen molar-refractivity contribution in [2.75, 3.05) is 0 Å². The summed E-state index contributed by atoms with van der Waals surface area (Å²) < 4.78 is 5.02. The zero-order chi connectivity index (χ0) is 14.7. The van der Waals surface area contributed by atoms with Crippen molar-refractivity contribution in [2.45, 2.75) is 13.8 Å². The van der Waals surface area contributed by atoms with Crippen LogP contribution in [0.15, 0.2) is 0 Å². The molecule has 98 valence electrons. The molecule has 0 aromatic heterocycles. The maximum atomic E-state index is 11.6. The van der Waals surface area contributed by atoms with Gasteiger partial charge in [-0.2, -0.15) is 10.5 Å². The number of nitrogens with zero attached hydrogens (tertiary/aromatic N) is 2. The summed E-state index contributed by atoms with van der Waals surface area (Å²) in [6.45, 7) is 3.24. The fraction of sp³-hybridized carbons (Fsp3) is 0.250. The van der Waals surface area contributed by atoms with Crippen molar-refractivity contribution in [1.29, 1.82) is 10.5 Å². The van der Waals surface area contributed by atoms with Crippen molar-refractivity contribution in [3.63, 3.8) is 0 Å². The minimum Gasteiger partial charge on any atom is -0.423 e. The van der Waals surface area contributed by atoms with E-state index in [0.29, 0.717) is 0 Å². The lowest BCUT2D eigenvalue weighted by molar-refractivity contribution is -0.137. The van der Waals surface area contributed by atoms with Crippen molar-refractivity contribution >= 4 is 40.8 Å². The molecule has 0 saturated carbocycles. The van der Waals surface area contributed by atoms with Gasteiger partial charge in [-0.1, -0.05) is 48.7 Å². The fourth-order valence-corrected chi connectivity index (χ4v) is 1.92. The third kappa shape index (κ3) is 2.93. The Labute approximate surface area is 125 Å². The first-order valence-electron chi connectivity index (χ1n) is 5.07. The van der Waals surface area contributed by atoms with Crippen LogP contribution in [-0.2, 0) is 4.79 Å². The van der Waals surface area contributed by atoms with Crippen LogP contribution in [0.5, 0.6) is 5.75 Å². The van der Waals surface area contributed by atoms with Crippen LogP contribution in [-0.4, -0.2) is 5.97 Å². The average Bonchev–Trinajstić information content (AvgIpc) is 2.36. The Morgan fingerprint density at radius 1 is 1.05 bits per heavy atom. The van der Waals surface area contributed by atoms with Gasteiger partial charge in [0, 0.05) is 0 Å². The standard InChI is InChI=1S/C12H7Cl3N2O2/c1-5(2)12(18)19-11-7(4-17)8(13)6(3-16)9(14)10(11)15/h5H,1-2H3. The first kappa shape index (κ1) is 15.6. The number of nitriles is 2. The van der Waals surface area contributed by atoms with Gasteiger partial charge in [0.15, 0.2) is 5.75 Å². The first-order valence-corrected chi connectivity index (χ1v) is 6.20. The fourth-order valence-electron chi connectivity index (χ4n) is 1.15. The van der Waals surface area contributed by atoms with E-state index in [1.807, 2.05) is 0 Å². The Morgan fingerprint density at radius 3 is 2.00 bits per heavy atom. The Morgan fingerprint density at radius 2 is 1.58 bits per heavy atom. The van der Waals surface area contributed by atoms with E-state index >= 15 is 0 Å². The summed E-state index contributed by atoms with van der Waals surface area (Å²) in [4.78, 5) is 11.6. The van der Waals surface area contributed by atoms with Crippen LogP contribution < -0.4 is 4.74 Å². The number of esters is 1. The summed E-state index contributed by atoms with van der Waals surface area (Å²) in [7, 11) is 0. The SMILES string of the molecule is CC(C)C(=O)Oc1c(Cl)c(Cl)c(C#N)c(Cl)c1C#N. The number of carbonyl (C=O) groups excluding carboxylic acids is 1. The molecule has 1 aromatic rings. The van der Waals surface area contributed by atoms with Gasteiger partial charge in [0.1, 0.15) is 22.7 Å². The van der Waals surface area contributed by atoms with Gasteiger partial charge in [0.05, 0.1) is 21.5 Å². The number of halogens is 3. The predicted molar refractivity (Wildman–Crippen MR) is 71.4 cm³/mol. The van der Waals surface area contributed by atoms with E-state index in [9.17, 15) is 4.79 Å². The van der Waals surface area contributed by atoms with E-state index < -0.39 is 11.9 Å². The van der Waals surface area contributed by atoms with Gasteiger partial charge in [-0.25, -0.2) is 0 Å². The molecule has 0 atom stereocenters. The van der Waals surface area contributed by atoms with Crippen LogP contribution in [0.2, 0.25) is 15.1 Å². The molecule has 0 aliphatic carbocycles. The van der Waals surface area contributed by atoms with Gasteiger partial charge >= 0.3 is 5.97 Å². The quantitative estimate of drug-likeness (QED) is 0.470. The maximum absolute atomic E-state index is 11.6. The van der Waals surface area contributed by atoms with E-state index in [0.717, 1.165) is 0 Å². The van der Waals surface area contributed by atoms with Crippen LogP contribution in [0.1, 0.15) is 25.0 Å². The molecule has 4 nitrogen and oxygen atoms in total. The Kier molecular flexibility index (Phi) is 5.03. The molecular weight excluding hydrogens is 311 g/mol. The second kappa shape index (κ2) is 6.12. The van der Waals surface area contributed by atoms with E-state index in [1.54, 1.807) is 26.0 Å². The van der Waals surface area contributed by atoms with E-state index in [-0.39, 0.29) is 31.9 Å². The van der Waals surface area contributed by atoms with Gasteiger partial charge in [-0.15, -0.1) is 0 Å². The minimum absolute atomic E-state index is 0.130. The smallest absolute Gasteiger partial charge is 0.313 e. The lowest BCUT2D eigenvalue weighted by Gasteiger charge is -2.13. The molecule has 0 saturated heterocycles. The second-order valence-electron chi connectivity index (χ2n) is 3.82. The zero-order valence-electron chi connectivity index (χ0n) is 9.92. The molecule has 1 aromatic carbocycles. The van der Waals surface area contributed by atoms with E-state index in [1.165, 1.54) is 0 Å². The second-order valence-corrected chi connectivity index (χ2v) is 4.95. The molecule has 0 N–H and O–H groups in total. The van der Waals surface area contributed by atoms with Crippen molar-refractivity contribution < 1.29 is 9.53 Å². The summed E-state index contributed by atoms with van der Waals surface area (Å²) >= 11 is 17.6. The maximum Gasteiger partial charge on any atom is 0.313 e. The summed E-state index contributed by atoms with van der Waals surface area (Å²) in [5, 5.41) is 17.4. The molecule has 0 spiro atoms. The van der Waals surface area contributed by atoms with Crippen molar-refractivity contribution in [3.05, 3.63) is 26.2 Å². The van der Waals surface area contributed by atoms with Gasteiger partial charge < -0.3 is 4.74 Å². The summed E-state index contributed by atoms with van der Waals surface area (Å²) in [5.74, 6) is -1.23. The molecule has 0 fully saturated rings. The number of carbonyl (C=O) groups is 1. The van der Waals surface area contributed by atoms with Crippen LogP contribution >= 0.6 is 34.8 Å². The van der Waals surface area contributed by atoms with Crippen LogP contribution in [0.25, 0.3) is 0 Å². The molecule has 0 amide bonds. The third-order valence-electron chi connectivity index (χ3n) is 2.18. The number of rotatable bonds is 2. The average molecular weight is 318 g/mol. The van der Waals surface area contributed by atoms with Gasteiger partial charge in [-0.3, -0.25) is 4.79 Å². The summed E-state index contributed by atoms with van der Waals surface area (Å²) in [6, 6.07) is 3.49. The molecule has 1 rings (SSSR count). The van der Waals surface area contributed by atoms with Crippen LogP contribution in [0.3, 0.4) is 0 Å². The highest BCUT2D eigenvalue weighted by molar-refractivity contribution is 6.46. The molecule has 0 unspecified atom stereocenters. The summed E-state index contributed by atoms with van der Waals surface area (Å²) in [6.07, 6.45) is 0. The highest BCUT2D eigenvalue weighted by atomic mass is 35.5.